The van der Waals surface area contributed by atoms with Crippen molar-refractivity contribution in [3.05, 3.63) is 96.0 Å². The molecule has 0 unspecified atom stereocenters. The molecule has 3 aromatic rings. The molecule has 38 heavy (non-hydrogen) atoms. The minimum Gasteiger partial charge on any atom is -0.445 e. The van der Waals surface area contributed by atoms with Gasteiger partial charge in [-0.25, -0.2) is 9.78 Å². The summed E-state index contributed by atoms with van der Waals surface area (Å²) < 4.78 is 7.63. The number of hydrogen-bond acceptors (Lipinski definition) is 3. The van der Waals surface area contributed by atoms with Gasteiger partial charge in [0.1, 0.15) is 12.4 Å². The largest absolute Gasteiger partial charge is 0.445 e. The first-order valence-electron chi connectivity index (χ1n) is 13.3. The van der Waals surface area contributed by atoms with Gasteiger partial charge >= 0.3 is 6.09 Å². The molecule has 0 saturated carbocycles. The van der Waals surface area contributed by atoms with Crippen molar-refractivity contribution in [2.24, 2.45) is 0 Å². The molecular formula is C33H41N3O2. The zero-order valence-electron chi connectivity index (χ0n) is 23.0. The summed E-state index contributed by atoms with van der Waals surface area (Å²) in [4.78, 5) is 16.9. The maximum Gasteiger partial charge on any atom is 0.407 e. The third kappa shape index (κ3) is 9.44. The average molecular weight is 512 g/mol. The first-order valence-corrected chi connectivity index (χ1v) is 13.3. The predicted octanol–water partition coefficient (Wildman–Crippen LogP) is 7.96. The molecular weight excluding hydrogens is 470 g/mol. The topological polar surface area (TPSA) is 56.2 Å². The number of aromatic nitrogens is 2. The number of unbranched alkanes of at least 4 members (excludes halogenated alkanes) is 3. The van der Waals surface area contributed by atoms with Crippen LogP contribution in [0.2, 0.25) is 0 Å². The first kappa shape index (κ1) is 30.2. The third-order valence-electron chi connectivity index (χ3n) is 6.22. The molecule has 1 N–H and O–H groups in total. The van der Waals surface area contributed by atoms with Crippen LogP contribution in [0.25, 0.3) is 16.8 Å². The van der Waals surface area contributed by atoms with Crippen LogP contribution >= 0.6 is 0 Å². The quantitative estimate of drug-likeness (QED) is 0.144. The Balaban J connectivity index is 0.00000247. The summed E-state index contributed by atoms with van der Waals surface area (Å²) in [5.74, 6) is 1.05. The van der Waals surface area contributed by atoms with Gasteiger partial charge in [-0.2, -0.15) is 0 Å². The van der Waals surface area contributed by atoms with Crippen molar-refractivity contribution in [2.75, 3.05) is 6.54 Å². The molecule has 1 amide bonds. The van der Waals surface area contributed by atoms with E-state index >= 15 is 0 Å². The number of aryl methyl sites for hydroxylation is 1. The lowest BCUT2D eigenvalue weighted by molar-refractivity contribution is 0.139. The molecule has 0 bridgehead atoms. The van der Waals surface area contributed by atoms with Gasteiger partial charge in [0.25, 0.3) is 0 Å². The Labute approximate surface area is 228 Å². The van der Waals surface area contributed by atoms with E-state index < -0.39 is 0 Å². The zero-order valence-corrected chi connectivity index (χ0v) is 23.0. The number of amides is 1. The lowest BCUT2D eigenvalue weighted by Crippen LogP contribution is -2.25. The minimum absolute atomic E-state index is 0.298. The smallest absolute Gasteiger partial charge is 0.407 e. The molecule has 2 aromatic carbocycles. The molecule has 0 radical (unpaired) electrons. The zero-order chi connectivity index (χ0) is 27.6. The van der Waals surface area contributed by atoms with E-state index in [1.165, 1.54) is 16.8 Å². The Kier molecular flexibility index (Phi) is 13.8. The van der Waals surface area contributed by atoms with Crippen molar-refractivity contribution in [1.29, 1.82) is 0 Å². The van der Waals surface area contributed by atoms with Gasteiger partial charge in [0, 0.05) is 18.7 Å². The van der Waals surface area contributed by atoms with Crippen molar-refractivity contribution in [3.8, 4) is 24.1 Å². The maximum atomic E-state index is 11.9. The van der Waals surface area contributed by atoms with E-state index in [4.69, 9.17) is 9.72 Å². The van der Waals surface area contributed by atoms with Crippen LogP contribution in [-0.4, -0.2) is 22.2 Å². The van der Waals surface area contributed by atoms with Crippen LogP contribution in [0.4, 0.5) is 4.79 Å². The summed E-state index contributed by atoms with van der Waals surface area (Å²) in [5.41, 5.74) is 5.72. The highest BCUT2D eigenvalue weighted by Gasteiger charge is 2.18. The van der Waals surface area contributed by atoms with E-state index in [-0.39, 0.29) is 6.09 Å². The number of hydrogen-bond donors (Lipinski definition) is 1. The molecule has 200 valence electrons. The summed E-state index contributed by atoms with van der Waals surface area (Å²) in [5, 5.41) is 2.85. The number of benzene rings is 2. The second-order valence-electron chi connectivity index (χ2n) is 8.86. The summed E-state index contributed by atoms with van der Waals surface area (Å²) in [6.07, 6.45) is 19.1. The van der Waals surface area contributed by atoms with Crippen molar-refractivity contribution in [1.82, 2.24) is 14.9 Å². The lowest BCUT2D eigenvalue weighted by Gasteiger charge is -2.13. The predicted molar refractivity (Wildman–Crippen MR) is 158 cm³/mol. The summed E-state index contributed by atoms with van der Waals surface area (Å²) in [6, 6.07) is 20.3. The van der Waals surface area contributed by atoms with Gasteiger partial charge in [-0.15, -0.1) is 12.8 Å². The number of imidazole rings is 1. The van der Waals surface area contributed by atoms with Gasteiger partial charge in [0.2, 0.25) is 0 Å². The van der Waals surface area contributed by atoms with Gasteiger partial charge in [0.05, 0.1) is 11.4 Å². The molecule has 1 aromatic heterocycles. The fraction of sp³-hybridized carbons (Fsp3) is 0.333. The van der Waals surface area contributed by atoms with Crippen LogP contribution in [0.5, 0.6) is 0 Å². The highest BCUT2D eigenvalue weighted by Crippen LogP contribution is 2.32. The molecule has 5 heteroatoms. The van der Waals surface area contributed by atoms with E-state index in [0.29, 0.717) is 13.2 Å². The molecule has 0 atom stereocenters. The Morgan fingerprint density at radius 3 is 2.29 bits per heavy atom. The SMILES string of the molecule is C#C.C/C=C\C/C(=C\C)c1nc(C)n(CCCCCCNC(=O)OCc2ccccc2)c1-c1ccccc1. The Morgan fingerprint density at radius 1 is 0.974 bits per heavy atom. The Morgan fingerprint density at radius 2 is 1.63 bits per heavy atom. The normalized spacial score (nSPS) is 11.1. The fourth-order valence-corrected chi connectivity index (χ4v) is 4.26. The lowest BCUT2D eigenvalue weighted by atomic mass is 10.0. The Hall–Kier alpha value is -4.04. The molecule has 0 aliphatic rings. The van der Waals surface area contributed by atoms with Crippen molar-refractivity contribution in [3.63, 3.8) is 0 Å². The molecule has 0 aliphatic carbocycles. The number of carbonyl (C=O) groups excluding carboxylic acids is 1. The Bertz CT molecular complexity index is 1170. The second kappa shape index (κ2) is 17.4. The van der Waals surface area contributed by atoms with E-state index in [2.05, 4.69) is 92.1 Å². The van der Waals surface area contributed by atoms with Gasteiger partial charge < -0.3 is 14.6 Å². The summed E-state index contributed by atoms with van der Waals surface area (Å²) >= 11 is 0. The fourth-order valence-electron chi connectivity index (χ4n) is 4.26. The van der Waals surface area contributed by atoms with Crippen LogP contribution in [0.3, 0.4) is 0 Å². The molecule has 1 heterocycles. The standard InChI is InChI=1S/C31H39N3O2.C2H2/c1-4-6-19-27(5-2)29-30(28-20-13-10-14-21-28)34(25(3)33-29)23-16-8-7-15-22-32-31(35)36-24-26-17-11-9-12-18-26;1-2/h4-6,9-14,17-18,20-21H,7-8,15-16,19,22-24H2,1-3H3,(H,32,35);1-2H/b6-4-,27-5+;. The van der Waals surface area contributed by atoms with Crippen LogP contribution in [0.1, 0.15) is 63.0 Å². The average Bonchev–Trinajstić information content (AvgIpc) is 3.29. The highest BCUT2D eigenvalue weighted by atomic mass is 16.5. The van der Waals surface area contributed by atoms with Gasteiger partial charge in [-0.05, 0) is 51.2 Å². The first-order chi connectivity index (χ1) is 18.6. The third-order valence-corrected chi connectivity index (χ3v) is 6.22. The van der Waals surface area contributed by atoms with Crippen LogP contribution in [0, 0.1) is 19.8 Å². The number of nitrogens with one attached hydrogen (secondary N) is 1. The summed E-state index contributed by atoms with van der Waals surface area (Å²) in [6.45, 7) is 8.10. The minimum atomic E-state index is -0.356. The molecule has 0 saturated heterocycles. The van der Waals surface area contributed by atoms with Gasteiger partial charge in [-0.3, -0.25) is 0 Å². The van der Waals surface area contributed by atoms with Crippen molar-refractivity contribution < 1.29 is 9.53 Å². The molecule has 0 spiro atoms. The van der Waals surface area contributed by atoms with Crippen molar-refractivity contribution >= 4 is 11.7 Å². The number of alkyl carbamates (subject to hydrolysis) is 1. The van der Waals surface area contributed by atoms with E-state index in [1.807, 2.05) is 30.3 Å². The number of carbonyl (C=O) groups is 1. The van der Waals surface area contributed by atoms with Crippen LogP contribution in [0.15, 0.2) is 78.9 Å². The molecule has 5 nitrogen and oxygen atoms in total. The van der Waals surface area contributed by atoms with Crippen LogP contribution in [-0.2, 0) is 17.9 Å². The number of rotatable bonds is 13. The van der Waals surface area contributed by atoms with Crippen molar-refractivity contribution in [2.45, 2.75) is 66.0 Å². The highest BCUT2D eigenvalue weighted by molar-refractivity contribution is 5.78. The van der Waals surface area contributed by atoms with E-state index in [9.17, 15) is 4.79 Å². The van der Waals surface area contributed by atoms with Gasteiger partial charge in [-0.1, -0.05) is 91.7 Å². The van der Waals surface area contributed by atoms with Gasteiger partial charge in [0.15, 0.2) is 0 Å². The molecule has 0 aliphatic heterocycles. The molecule has 0 fully saturated rings. The van der Waals surface area contributed by atoms with Crippen LogP contribution < -0.4 is 5.32 Å². The molecule has 3 rings (SSSR count). The monoisotopic (exact) mass is 511 g/mol. The summed E-state index contributed by atoms with van der Waals surface area (Å²) in [7, 11) is 0. The van der Waals surface area contributed by atoms with E-state index in [0.717, 1.165) is 55.7 Å². The maximum absolute atomic E-state index is 11.9. The number of terminal acetylenes is 1. The number of allylic oxidation sites excluding steroid dienone is 4. The number of ether oxygens (including phenoxy) is 1. The van der Waals surface area contributed by atoms with E-state index in [1.54, 1.807) is 0 Å². The second-order valence-corrected chi connectivity index (χ2v) is 8.86. The number of nitrogens with zero attached hydrogens (tertiary/aromatic N) is 2.